The summed E-state index contributed by atoms with van der Waals surface area (Å²) < 4.78 is 45.5. The molecule has 0 amide bonds. The van der Waals surface area contributed by atoms with Crippen molar-refractivity contribution in [3.8, 4) is 5.75 Å². The fourth-order valence-corrected chi connectivity index (χ4v) is 2.23. The van der Waals surface area contributed by atoms with Crippen LogP contribution in [0.1, 0.15) is 11.3 Å². The first-order chi connectivity index (χ1) is 9.87. The lowest BCUT2D eigenvalue weighted by Crippen LogP contribution is -2.19. The maximum atomic E-state index is 12.2. The molecule has 1 aromatic heterocycles. The topological polar surface area (TPSA) is 47.0 Å². The lowest BCUT2D eigenvalue weighted by molar-refractivity contribution is -0.153. The summed E-state index contributed by atoms with van der Waals surface area (Å²) in [4.78, 5) is 0. The van der Waals surface area contributed by atoms with Crippen LogP contribution in [0.5, 0.6) is 5.75 Å². The maximum Gasteiger partial charge on any atom is 0.422 e. The Labute approximate surface area is 128 Å². The van der Waals surface area contributed by atoms with Crippen LogP contribution >= 0.6 is 23.1 Å². The Kier molecular flexibility index (Phi) is 4.89. The number of aromatic nitrogens is 2. The van der Waals surface area contributed by atoms with Gasteiger partial charge in [-0.1, -0.05) is 22.2 Å². The van der Waals surface area contributed by atoms with E-state index < -0.39 is 12.8 Å². The normalized spacial score (nSPS) is 11.5. The Bertz CT molecular complexity index is 618. The minimum atomic E-state index is -4.37. The van der Waals surface area contributed by atoms with Gasteiger partial charge < -0.3 is 10.1 Å². The Morgan fingerprint density at radius 3 is 2.76 bits per heavy atom. The second-order valence-electron chi connectivity index (χ2n) is 4.18. The van der Waals surface area contributed by atoms with E-state index in [1.807, 2.05) is 0 Å². The molecule has 114 valence electrons. The molecule has 0 saturated carbocycles. The second kappa shape index (κ2) is 6.48. The van der Waals surface area contributed by atoms with Crippen molar-refractivity contribution in [1.82, 2.24) is 9.59 Å². The van der Waals surface area contributed by atoms with Crippen molar-refractivity contribution in [3.63, 3.8) is 0 Å². The van der Waals surface area contributed by atoms with Gasteiger partial charge in [-0.05, 0) is 19.1 Å². The summed E-state index contributed by atoms with van der Waals surface area (Å²) in [6.45, 7) is 0.687. The van der Waals surface area contributed by atoms with E-state index in [1.54, 1.807) is 19.1 Å². The van der Waals surface area contributed by atoms with E-state index in [0.29, 0.717) is 27.8 Å². The highest BCUT2D eigenvalue weighted by molar-refractivity contribution is 7.10. The summed E-state index contributed by atoms with van der Waals surface area (Å²) in [6.07, 6.45) is -4.37. The molecule has 0 spiro atoms. The smallest absolute Gasteiger partial charge is 0.422 e. The molecule has 0 atom stereocenters. The molecule has 0 aliphatic rings. The first-order valence-electron chi connectivity index (χ1n) is 5.86. The molecule has 0 fully saturated rings. The van der Waals surface area contributed by atoms with Crippen LogP contribution in [0.3, 0.4) is 0 Å². The van der Waals surface area contributed by atoms with Gasteiger partial charge in [0, 0.05) is 22.8 Å². The number of anilines is 1. The summed E-state index contributed by atoms with van der Waals surface area (Å²) in [7, 11) is 0. The van der Waals surface area contributed by atoms with Gasteiger partial charge in [0.15, 0.2) is 6.61 Å². The number of benzene rings is 1. The highest BCUT2D eigenvalue weighted by atomic mass is 35.5. The molecule has 0 aliphatic heterocycles. The van der Waals surface area contributed by atoms with Gasteiger partial charge >= 0.3 is 6.18 Å². The number of nitrogens with zero attached hydrogens (tertiary/aromatic N) is 2. The molecule has 0 aliphatic carbocycles. The molecule has 1 heterocycles. The second-order valence-corrected chi connectivity index (χ2v) is 5.54. The third kappa shape index (κ3) is 4.47. The van der Waals surface area contributed by atoms with Crippen molar-refractivity contribution in [3.05, 3.63) is 33.8 Å². The summed E-state index contributed by atoms with van der Waals surface area (Å²) >= 11 is 6.95. The number of halogens is 4. The van der Waals surface area contributed by atoms with Crippen LogP contribution in [-0.4, -0.2) is 22.4 Å². The molecular formula is C12H11ClF3N3OS. The summed E-state index contributed by atoms with van der Waals surface area (Å²) in [5.74, 6) is 0.180. The SMILES string of the molecule is Cc1c(NCc2nnsc2Cl)cccc1OCC(F)(F)F. The van der Waals surface area contributed by atoms with E-state index in [9.17, 15) is 13.2 Å². The van der Waals surface area contributed by atoms with Crippen LogP contribution in [-0.2, 0) is 6.54 Å². The largest absolute Gasteiger partial charge is 0.484 e. The molecular weight excluding hydrogens is 327 g/mol. The molecule has 4 nitrogen and oxygen atoms in total. The number of hydrogen-bond acceptors (Lipinski definition) is 5. The highest BCUT2D eigenvalue weighted by Gasteiger charge is 2.28. The quantitative estimate of drug-likeness (QED) is 0.894. The Hall–Kier alpha value is -1.54. The molecule has 0 saturated heterocycles. The number of nitrogens with one attached hydrogen (secondary N) is 1. The zero-order chi connectivity index (χ0) is 15.5. The standard InChI is InChI=1S/C12H11ClF3N3OS/c1-7-8(17-5-9-11(13)21-19-18-9)3-2-4-10(7)20-6-12(14,15)16/h2-4,17H,5-6H2,1H3. The molecule has 1 aromatic carbocycles. The van der Waals surface area contributed by atoms with Crippen LogP contribution in [0.4, 0.5) is 18.9 Å². The molecule has 1 N–H and O–H groups in total. The van der Waals surface area contributed by atoms with Crippen LogP contribution < -0.4 is 10.1 Å². The number of rotatable bonds is 5. The van der Waals surface area contributed by atoms with E-state index in [2.05, 4.69) is 14.9 Å². The first kappa shape index (κ1) is 15.8. The highest BCUT2D eigenvalue weighted by Crippen LogP contribution is 2.28. The van der Waals surface area contributed by atoms with E-state index in [4.69, 9.17) is 16.3 Å². The lowest BCUT2D eigenvalue weighted by atomic mass is 10.2. The molecule has 0 bridgehead atoms. The Balaban J connectivity index is 2.05. The lowest BCUT2D eigenvalue weighted by Gasteiger charge is -2.14. The van der Waals surface area contributed by atoms with Crippen LogP contribution in [0.2, 0.25) is 4.34 Å². The predicted molar refractivity (Wildman–Crippen MR) is 75.0 cm³/mol. The molecule has 2 aromatic rings. The van der Waals surface area contributed by atoms with Gasteiger partial charge in [0.1, 0.15) is 15.8 Å². The van der Waals surface area contributed by atoms with Crippen molar-refractivity contribution in [2.45, 2.75) is 19.6 Å². The van der Waals surface area contributed by atoms with Crippen molar-refractivity contribution in [2.75, 3.05) is 11.9 Å². The first-order valence-corrected chi connectivity index (χ1v) is 7.02. The average Bonchev–Trinajstić information content (AvgIpc) is 2.81. The Morgan fingerprint density at radius 1 is 1.38 bits per heavy atom. The van der Waals surface area contributed by atoms with E-state index >= 15 is 0 Å². The molecule has 2 rings (SSSR count). The summed E-state index contributed by atoms with van der Waals surface area (Å²) in [6, 6.07) is 4.84. The zero-order valence-corrected chi connectivity index (χ0v) is 12.4. The predicted octanol–water partition coefficient (Wildman–Crippen LogP) is 4.05. The molecule has 0 radical (unpaired) electrons. The van der Waals surface area contributed by atoms with Gasteiger partial charge in [-0.3, -0.25) is 0 Å². The van der Waals surface area contributed by atoms with Crippen molar-refractivity contribution in [1.29, 1.82) is 0 Å². The van der Waals surface area contributed by atoms with E-state index in [1.165, 1.54) is 6.07 Å². The van der Waals surface area contributed by atoms with Gasteiger partial charge in [0.25, 0.3) is 0 Å². The molecule has 0 unspecified atom stereocenters. The Morgan fingerprint density at radius 2 is 2.14 bits per heavy atom. The van der Waals surface area contributed by atoms with Crippen molar-refractivity contribution in [2.24, 2.45) is 0 Å². The zero-order valence-electron chi connectivity index (χ0n) is 10.9. The third-order valence-corrected chi connectivity index (χ3v) is 3.62. The molecule has 9 heteroatoms. The van der Waals surface area contributed by atoms with Crippen LogP contribution in [0.25, 0.3) is 0 Å². The van der Waals surface area contributed by atoms with Crippen LogP contribution in [0.15, 0.2) is 18.2 Å². The minimum Gasteiger partial charge on any atom is -0.484 e. The number of hydrogen-bond donors (Lipinski definition) is 1. The fourth-order valence-electron chi connectivity index (χ4n) is 1.60. The van der Waals surface area contributed by atoms with Crippen molar-refractivity contribution >= 4 is 28.8 Å². The summed E-state index contributed by atoms with van der Waals surface area (Å²) in [5, 5.41) is 6.90. The molecule has 21 heavy (non-hydrogen) atoms. The van der Waals surface area contributed by atoms with Crippen molar-refractivity contribution < 1.29 is 17.9 Å². The van der Waals surface area contributed by atoms with E-state index in [0.717, 1.165) is 11.5 Å². The maximum absolute atomic E-state index is 12.2. The third-order valence-electron chi connectivity index (χ3n) is 2.63. The average molecular weight is 338 g/mol. The van der Waals surface area contributed by atoms with Gasteiger partial charge in [0.05, 0.1) is 6.54 Å². The minimum absolute atomic E-state index is 0.180. The number of ether oxygens (including phenoxy) is 1. The number of alkyl halides is 3. The van der Waals surface area contributed by atoms with Gasteiger partial charge in [-0.15, -0.1) is 5.10 Å². The van der Waals surface area contributed by atoms with Gasteiger partial charge in [0.2, 0.25) is 0 Å². The fraction of sp³-hybridized carbons (Fsp3) is 0.333. The van der Waals surface area contributed by atoms with Gasteiger partial charge in [-0.2, -0.15) is 13.2 Å². The van der Waals surface area contributed by atoms with E-state index in [-0.39, 0.29) is 5.75 Å². The van der Waals surface area contributed by atoms with Gasteiger partial charge in [-0.25, -0.2) is 0 Å². The van der Waals surface area contributed by atoms with Crippen LogP contribution in [0, 0.1) is 6.92 Å². The monoisotopic (exact) mass is 337 g/mol. The summed E-state index contributed by atoms with van der Waals surface area (Å²) in [5.41, 5.74) is 1.82.